The normalized spacial score (nSPS) is 14.4. The molecule has 0 unspecified atom stereocenters. The maximum absolute atomic E-state index is 9.32. The predicted molar refractivity (Wildman–Crippen MR) is 85.4 cm³/mol. The molecule has 2 aromatic rings. The maximum Gasteiger partial charge on any atom is 0.128 e. The van der Waals surface area contributed by atoms with Crippen LogP contribution in [0.3, 0.4) is 0 Å². The fourth-order valence-electron chi connectivity index (χ4n) is 2.68. The predicted octanol–water partition coefficient (Wildman–Crippen LogP) is 2.79. The topological polar surface area (TPSA) is 48.4 Å². The number of aliphatic hydroxyl groups is 1. The van der Waals surface area contributed by atoms with Crippen LogP contribution in [0.5, 0.6) is 0 Å². The van der Waals surface area contributed by atoms with Gasteiger partial charge < -0.3 is 15.3 Å². The standard InChI is InChI=1S/C17H21N3O/c21-13-15-5-1-2-6-16(15)18-11-14-7-8-17(19-12-14)20-9-3-4-10-20/h1-2,5-8,12,18,21H,3-4,9-11,13H2. The summed E-state index contributed by atoms with van der Waals surface area (Å²) >= 11 is 0. The van der Waals surface area contributed by atoms with Crippen LogP contribution in [0.15, 0.2) is 42.6 Å². The van der Waals surface area contributed by atoms with Gasteiger partial charge in [0, 0.05) is 37.1 Å². The highest BCUT2D eigenvalue weighted by Gasteiger charge is 2.12. The lowest BCUT2D eigenvalue weighted by molar-refractivity contribution is 0.282. The summed E-state index contributed by atoms with van der Waals surface area (Å²) in [7, 11) is 0. The number of hydrogen-bond donors (Lipinski definition) is 2. The van der Waals surface area contributed by atoms with Gasteiger partial charge in [-0.1, -0.05) is 24.3 Å². The second-order valence-corrected chi connectivity index (χ2v) is 5.39. The summed E-state index contributed by atoms with van der Waals surface area (Å²) in [6, 6.07) is 12.0. The first kappa shape index (κ1) is 13.9. The Balaban J connectivity index is 1.62. The second-order valence-electron chi connectivity index (χ2n) is 5.39. The summed E-state index contributed by atoms with van der Waals surface area (Å²) in [5, 5.41) is 12.7. The van der Waals surface area contributed by atoms with E-state index in [1.54, 1.807) is 0 Å². The van der Waals surface area contributed by atoms with Crippen LogP contribution in [-0.2, 0) is 13.2 Å². The van der Waals surface area contributed by atoms with Gasteiger partial charge in [-0.15, -0.1) is 0 Å². The van der Waals surface area contributed by atoms with Crippen LogP contribution in [0.2, 0.25) is 0 Å². The molecule has 4 nitrogen and oxygen atoms in total. The molecule has 1 aliphatic rings. The highest BCUT2D eigenvalue weighted by molar-refractivity contribution is 5.51. The minimum atomic E-state index is 0.0509. The molecule has 1 aromatic heterocycles. The van der Waals surface area contributed by atoms with Crippen molar-refractivity contribution in [2.45, 2.75) is 26.0 Å². The van der Waals surface area contributed by atoms with Crippen LogP contribution < -0.4 is 10.2 Å². The molecule has 1 aromatic carbocycles. The number of aromatic nitrogens is 1. The van der Waals surface area contributed by atoms with Gasteiger partial charge in [0.25, 0.3) is 0 Å². The number of aliphatic hydroxyl groups excluding tert-OH is 1. The lowest BCUT2D eigenvalue weighted by Crippen LogP contribution is -2.18. The smallest absolute Gasteiger partial charge is 0.128 e. The van der Waals surface area contributed by atoms with Gasteiger partial charge in [-0.2, -0.15) is 0 Å². The third-order valence-corrected chi connectivity index (χ3v) is 3.91. The first-order valence-corrected chi connectivity index (χ1v) is 7.49. The molecule has 0 aliphatic carbocycles. The van der Waals surface area contributed by atoms with Gasteiger partial charge >= 0.3 is 0 Å². The average Bonchev–Trinajstić information content (AvgIpc) is 3.08. The summed E-state index contributed by atoms with van der Waals surface area (Å²) in [5.74, 6) is 1.08. The van der Waals surface area contributed by atoms with Crippen molar-refractivity contribution in [2.75, 3.05) is 23.3 Å². The summed E-state index contributed by atoms with van der Waals surface area (Å²) in [6.45, 7) is 3.00. The molecule has 1 saturated heterocycles. The summed E-state index contributed by atoms with van der Waals surface area (Å²) in [5.41, 5.74) is 3.04. The van der Waals surface area contributed by atoms with E-state index in [0.717, 1.165) is 35.7 Å². The zero-order chi connectivity index (χ0) is 14.5. The summed E-state index contributed by atoms with van der Waals surface area (Å²) in [6.07, 6.45) is 4.47. The Morgan fingerprint density at radius 1 is 1.10 bits per heavy atom. The van der Waals surface area contributed by atoms with Gasteiger partial charge in [0.2, 0.25) is 0 Å². The van der Waals surface area contributed by atoms with Crippen LogP contribution in [0.25, 0.3) is 0 Å². The highest BCUT2D eigenvalue weighted by Crippen LogP contribution is 2.19. The molecule has 1 fully saturated rings. The number of hydrogen-bond acceptors (Lipinski definition) is 4. The molecule has 21 heavy (non-hydrogen) atoms. The van der Waals surface area contributed by atoms with E-state index in [-0.39, 0.29) is 6.61 Å². The van der Waals surface area contributed by atoms with Gasteiger partial charge in [0.05, 0.1) is 6.61 Å². The zero-order valence-electron chi connectivity index (χ0n) is 12.1. The molecule has 2 N–H and O–H groups in total. The van der Waals surface area contributed by atoms with Gasteiger partial charge in [0.1, 0.15) is 5.82 Å². The molecule has 2 heterocycles. The molecule has 3 rings (SSSR count). The average molecular weight is 283 g/mol. The first-order chi connectivity index (χ1) is 10.4. The van der Waals surface area contributed by atoms with Crippen molar-refractivity contribution in [2.24, 2.45) is 0 Å². The number of para-hydroxylation sites is 1. The van der Waals surface area contributed by atoms with Crippen LogP contribution in [0.4, 0.5) is 11.5 Å². The van der Waals surface area contributed by atoms with Gasteiger partial charge in [-0.3, -0.25) is 0 Å². The van der Waals surface area contributed by atoms with Crippen molar-refractivity contribution in [3.8, 4) is 0 Å². The van der Waals surface area contributed by atoms with E-state index in [9.17, 15) is 5.11 Å². The quantitative estimate of drug-likeness (QED) is 0.886. The van der Waals surface area contributed by atoms with Gasteiger partial charge in [-0.25, -0.2) is 4.98 Å². The number of nitrogens with zero attached hydrogens (tertiary/aromatic N) is 2. The van der Waals surface area contributed by atoms with Crippen molar-refractivity contribution < 1.29 is 5.11 Å². The van der Waals surface area contributed by atoms with Crippen LogP contribution in [0, 0.1) is 0 Å². The molecular formula is C17H21N3O. The van der Waals surface area contributed by atoms with E-state index in [1.165, 1.54) is 12.8 Å². The van der Waals surface area contributed by atoms with Crippen LogP contribution in [0.1, 0.15) is 24.0 Å². The van der Waals surface area contributed by atoms with Crippen LogP contribution in [-0.4, -0.2) is 23.2 Å². The molecule has 110 valence electrons. The third kappa shape index (κ3) is 3.34. The molecular weight excluding hydrogens is 262 g/mol. The monoisotopic (exact) mass is 283 g/mol. The lowest BCUT2D eigenvalue weighted by Gasteiger charge is -2.16. The Hall–Kier alpha value is -2.07. The number of benzene rings is 1. The molecule has 0 bridgehead atoms. The fraction of sp³-hybridized carbons (Fsp3) is 0.353. The van der Waals surface area contributed by atoms with E-state index >= 15 is 0 Å². The lowest BCUT2D eigenvalue weighted by atomic mass is 10.2. The van der Waals surface area contributed by atoms with Crippen molar-refractivity contribution in [3.05, 3.63) is 53.7 Å². The second kappa shape index (κ2) is 6.59. The largest absolute Gasteiger partial charge is 0.392 e. The van der Waals surface area contributed by atoms with Crippen LogP contribution >= 0.6 is 0 Å². The molecule has 0 radical (unpaired) electrons. The Morgan fingerprint density at radius 3 is 2.62 bits per heavy atom. The number of rotatable bonds is 5. The highest BCUT2D eigenvalue weighted by atomic mass is 16.3. The Labute approximate surface area is 125 Å². The molecule has 1 aliphatic heterocycles. The first-order valence-electron chi connectivity index (χ1n) is 7.49. The minimum Gasteiger partial charge on any atom is -0.392 e. The number of nitrogens with one attached hydrogen (secondary N) is 1. The third-order valence-electron chi connectivity index (χ3n) is 3.91. The maximum atomic E-state index is 9.32. The van der Waals surface area contributed by atoms with Gasteiger partial charge in [-0.05, 0) is 30.5 Å². The van der Waals surface area contributed by atoms with Crippen molar-refractivity contribution in [1.82, 2.24) is 4.98 Å². The number of pyridine rings is 1. The van der Waals surface area contributed by atoms with Crippen molar-refractivity contribution in [3.63, 3.8) is 0 Å². The fourth-order valence-corrected chi connectivity index (χ4v) is 2.68. The molecule has 4 heteroatoms. The Morgan fingerprint density at radius 2 is 1.90 bits per heavy atom. The van der Waals surface area contributed by atoms with E-state index in [0.29, 0.717) is 6.54 Å². The molecule has 0 atom stereocenters. The molecule has 0 saturated carbocycles. The Bertz CT molecular complexity index is 577. The van der Waals surface area contributed by atoms with E-state index < -0.39 is 0 Å². The molecule has 0 spiro atoms. The zero-order valence-corrected chi connectivity index (χ0v) is 12.1. The minimum absolute atomic E-state index is 0.0509. The van der Waals surface area contributed by atoms with Crippen molar-refractivity contribution in [1.29, 1.82) is 0 Å². The van der Waals surface area contributed by atoms with E-state index in [1.807, 2.05) is 30.5 Å². The summed E-state index contributed by atoms with van der Waals surface area (Å²) < 4.78 is 0. The van der Waals surface area contributed by atoms with E-state index in [2.05, 4.69) is 27.3 Å². The van der Waals surface area contributed by atoms with E-state index in [4.69, 9.17) is 0 Å². The number of anilines is 2. The Kier molecular flexibility index (Phi) is 4.36. The molecule has 0 amide bonds. The van der Waals surface area contributed by atoms with Crippen molar-refractivity contribution >= 4 is 11.5 Å². The summed E-state index contributed by atoms with van der Waals surface area (Å²) in [4.78, 5) is 6.88. The van der Waals surface area contributed by atoms with Gasteiger partial charge in [0.15, 0.2) is 0 Å². The SMILES string of the molecule is OCc1ccccc1NCc1ccc(N2CCCC2)nc1.